The van der Waals surface area contributed by atoms with Crippen LogP contribution in [0.25, 0.3) is 0 Å². The average molecular weight is 542 g/mol. The summed E-state index contributed by atoms with van der Waals surface area (Å²) in [5, 5.41) is 3.22. The zero-order valence-corrected chi connectivity index (χ0v) is 24.8. The van der Waals surface area contributed by atoms with Gasteiger partial charge in [0, 0.05) is 0 Å². The number of hydrogen-bond acceptors (Lipinski definition) is 2. The van der Waals surface area contributed by atoms with E-state index < -0.39 is 16.5 Å². The fourth-order valence-electron chi connectivity index (χ4n) is 4.93. The van der Waals surface area contributed by atoms with Gasteiger partial charge in [0.25, 0.3) is 0 Å². The molecule has 2 fully saturated rings. The summed E-state index contributed by atoms with van der Waals surface area (Å²) in [6.07, 6.45) is 19.7. The molecule has 0 spiro atoms. The van der Waals surface area contributed by atoms with Crippen molar-refractivity contribution < 1.29 is 35.6 Å². The van der Waals surface area contributed by atoms with Crippen molar-refractivity contribution in [1.82, 2.24) is 9.13 Å². The number of halogens is 2. The second-order valence-corrected chi connectivity index (χ2v) is 18.6. The monoisotopic (exact) mass is 540 g/mol. The molecule has 2 aliphatic heterocycles. The molecule has 4 aliphatic rings. The van der Waals surface area contributed by atoms with Gasteiger partial charge in [0.1, 0.15) is 16.5 Å². The summed E-state index contributed by atoms with van der Waals surface area (Å²) in [5.41, 5.74) is 2.69. The number of rotatable bonds is 4. The fourth-order valence-corrected chi connectivity index (χ4v) is 10.8. The van der Waals surface area contributed by atoms with Crippen molar-refractivity contribution in [1.29, 1.82) is 0 Å². The zero-order valence-electron chi connectivity index (χ0n) is 20.4. The van der Waals surface area contributed by atoms with E-state index in [0.29, 0.717) is 0 Å². The molecule has 172 valence electrons. The van der Waals surface area contributed by atoms with Crippen LogP contribution >= 0.6 is 0 Å². The molecule has 0 bridgehead atoms. The van der Waals surface area contributed by atoms with E-state index in [1.165, 1.54) is 75.9 Å². The molecule has 0 aromatic carbocycles. The van der Waals surface area contributed by atoms with Gasteiger partial charge in [-0.05, 0) is 51.9 Å². The minimum Gasteiger partial charge on any atom is -1.00 e. The normalized spacial score (nSPS) is 21.6. The van der Waals surface area contributed by atoms with E-state index in [2.05, 4.69) is 73.5 Å². The predicted molar refractivity (Wildman–Crippen MR) is 127 cm³/mol. The Labute approximate surface area is 211 Å². The molecule has 0 N–H and O–H groups in total. The van der Waals surface area contributed by atoms with Gasteiger partial charge in [-0.2, -0.15) is 10.4 Å². The summed E-state index contributed by atoms with van der Waals surface area (Å²) >= 11 is 0. The van der Waals surface area contributed by atoms with E-state index in [0.717, 1.165) is 0 Å². The largest absolute Gasteiger partial charge is 4.00 e. The molecule has 0 unspecified atom stereocenters. The summed E-state index contributed by atoms with van der Waals surface area (Å²) in [6, 6.07) is 0. The van der Waals surface area contributed by atoms with Crippen LogP contribution in [0.2, 0.25) is 26.2 Å². The van der Waals surface area contributed by atoms with Crippen LogP contribution < -0.4 is 9.41 Å². The fraction of sp³-hybridized carbons (Fsp3) is 0.667. The maximum absolute atomic E-state index is 3.57. The number of allylic oxidation sites excluding steroid dienone is 8. The van der Waals surface area contributed by atoms with E-state index in [1.54, 1.807) is 10.4 Å². The van der Waals surface area contributed by atoms with Gasteiger partial charge < -0.3 is 18.5 Å². The molecule has 0 atom stereocenters. The Morgan fingerprint density at radius 3 is 1.16 bits per heavy atom. The van der Waals surface area contributed by atoms with E-state index in [-0.39, 0.29) is 35.6 Å². The second-order valence-electron chi connectivity index (χ2n) is 9.90. The molecule has 2 saturated heterocycles. The van der Waals surface area contributed by atoms with Crippen LogP contribution in [0.3, 0.4) is 0 Å². The molecule has 7 heteroatoms. The van der Waals surface area contributed by atoms with Gasteiger partial charge in [-0.1, -0.05) is 52.9 Å². The van der Waals surface area contributed by atoms with Gasteiger partial charge in [0.2, 0.25) is 0 Å². The maximum Gasteiger partial charge on any atom is 4.00 e. The molecule has 4 rings (SSSR count). The molecule has 2 heterocycles. The van der Waals surface area contributed by atoms with Gasteiger partial charge in [-0.3, -0.25) is 12.2 Å². The van der Waals surface area contributed by atoms with Gasteiger partial charge in [-0.15, -0.1) is 0 Å². The van der Waals surface area contributed by atoms with Crippen LogP contribution in [0.4, 0.5) is 0 Å². The van der Waals surface area contributed by atoms with Crippen LogP contribution in [-0.2, 0) is 26.2 Å². The van der Waals surface area contributed by atoms with E-state index >= 15 is 0 Å². The van der Waals surface area contributed by atoms with Crippen LogP contribution in [-0.4, -0.2) is 51.8 Å². The first-order chi connectivity index (χ1) is 13.2. The molecule has 31 heavy (non-hydrogen) atoms. The molecule has 0 aromatic rings. The summed E-state index contributed by atoms with van der Waals surface area (Å²) < 4.78 is 5.48. The Bertz CT molecular complexity index is 642. The van der Waals surface area contributed by atoms with Crippen LogP contribution in [0.5, 0.6) is 0 Å². The molecule has 0 radical (unpaired) electrons. The molecule has 0 amide bonds. The van der Waals surface area contributed by atoms with E-state index in [9.17, 15) is 0 Å². The van der Waals surface area contributed by atoms with Crippen molar-refractivity contribution >= 4 is 16.5 Å². The Morgan fingerprint density at radius 1 is 0.645 bits per heavy atom. The SMILES string of the molecule is CC1=CCC([Si](C)(C)N2CCCC2)=[C-]1.CC1=CCC([Si](C)(C)N2CCCC2)=[C-]1.[F-].[F-].[Zr+4]. The number of hydrogen-bond donors (Lipinski definition) is 0. The zero-order chi connectivity index (χ0) is 20.4. The van der Waals surface area contributed by atoms with Crippen molar-refractivity contribution in [3.05, 3.63) is 45.8 Å². The second kappa shape index (κ2) is 13.1. The minimum atomic E-state index is -1.29. The molecular formula is C24H40F2N2Si2Zr. The molecule has 0 saturated carbocycles. The van der Waals surface area contributed by atoms with Gasteiger partial charge in [-0.25, -0.2) is 23.3 Å². The quantitative estimate of drug-likeness (QED) is 0.360. The Hall–Kier alpha value is 0.0569. The summed E-state index contributed by atoms with van der Waals surface area (Å²) in [7, 11) is -2.58. The molecular weight excluding hydrogens is 502 g/mol. The van der Waals surface area contributed by atoms with Crippen molar-refractivity contribution in [2.75, 3.05) is 26.2 Å². The third-order valence-electron chi connectivity index (χ3n) is 7.19. The Kier molecular flexibility index (Phi) is 13.1. The van der Waals surface area contributed by atoms with Crippen molar-refractivity contribution in [3.8, 4) is 0 Å². The third-order valence-corrected chi connectivity index (χ3v) is 14.9. The predicted octanol–water partition coefficient (Wildman–Crippen LogP) is -0.182. The Balaban J connectivity index is 0.000000529. The topological polar surface area (TPSA) is 6.48 Å². The number of nitrogens with zero attached hydrogens (tertiary/aromatic N) is 2. The van der Waals surface area contributed by atoms with Crippen molar-refractivity contribution in [2.24, 2.45) is 0 Å². The molecule has 2 nitrogen and oxygen atoms in total. The Morgan fingerprint density at radius 2 is 0.935 bits per heavy atom. The average Bonchev–Trinajstić information content (AvgIpc) is 3.42. The summed E-state index contributed by atoms with van der Waals surface area (Å²) in [5.74, 6) is 0. The van der Waals surface area contributed by atoms with Crippen molar-refractivity contribution in [2.45, 2.75) is 78.6 Å². The van der Waals surface area contributed by atoms with Gasteiger partial charge in [0.05, 0.1) is 0 Å². The van der Waals surface area contributed by atoms with Crippen LogP contribution in [0.15, 0.2) is 33.7 Å². The molecule has 2 aliphatic carbocycles. The van der Waals surface area contributed by atoms with Crippen LogP contribution in [0.1, 0.15) is 52.4 Å². The summed E-state index contributed by atoms with van der Waals surface area (Å²) in [4.78, 5) is 0. The maximum atomic E-state index is 3.57. The van der Waals surface area contributed by atoms with Crippen molar-refractivity contribution in [3.63, 3.8) is 0 Å². The van der Waals surface area contributed by atoms with E-state index in [1.807, 2.05) is 0 Å². The third kappa shape index (κ3) is 7.53. The minimum absolute atomic E-state index is 0. The van der Waals surface area contributed by atoms with Crippen LogP contribution in [0, 0.1) is 12.2 Å². The summed E-state index contributed by atoms with van der Waals surface area (Å²) in [6.45, 7) is 19.5. The first kappa shape index (κ1) is 31.1. The standard InChI is InChI=1S/2C12H20NSi.2FH.Zr/c2*1-11-6-7-12(10-11)14(2,3)13-8-4-5-9-13;;;/h2*6H,4-5,7-9H2,1-3H3;2*1H;/q2*-1;;;+4/p-2. The molecule has 0 aromatic heterocycles. The van der Waals surface area contributed by atoms with E-state index in [4.69, 9.17) is 0 Å². The first-order valence-electron chi connectivity index (χ1n) is 11.3. The smallest absolute Gasteiger partial charge is 1.00 e. The van der Waals surface area contributed by atoms with Gasteiger partial charge in [0.15, 0.2) is 0 Å². The van der Waals surface area contributed by atoms with Gasteiger partial charge >= 0.3 is 26.2 Å². The first-order valence-corrected chi connectivity index (χ1v) is 17.2.